The van der Waals surface area contributed by atoms with Gasteiger partial charge in [0.1, 0.15) is 5.78 Å². The van der Waals surface area contributed by atoms with E-state index >= 15 is 0 Å². The SMILES string of the molecule is CC(C)=O.[Br][Cu][Br]. The number of Topliss-reactive ketones (excluding diaryl/α,β-unsaturated/α-hetero) is 1. The van der Waals surface area contributed by atoms with Gasteiger partial charge in [-0.05, 0) is 13.8 Å². The summed E-state index contributed by atoms with van der Waals surface area (Å²) in [6.07, 6.45) is 0. The summed E-state index contributed by atoms with van der Waals surface area (Å²) in [6, 6.07) is 0. The van der Waals surface area contributed by atoms with Gasteiger partial charge in [-0.1, -0.05) is 0 Å². The zero-order valence-electron chi connectivity index (χ0n) is 3.97. The summed E-state index contributed by atoms with van der Waals surface area (Å²) in [5.41, 5.74) is 0. The van der Waals surface area contributed by atoms with Crippen molar-refractivity contribution in [2.45, 2.75) is 13.8 Å². The van der Waals surface area contributed by atoms with Gasteiger partial charge in [-0.3, -0.25) is 0 Å². The van der Waals surface area contributed by atoms with E-state index in [1.54, 1.807) is 0 Å². The van der Waals surface area contributed by atoms with Gasteiger partial charge in [-0.2, -0.15) is 0 Å². The molecule has 0 atom stereocenters. The zero-order valence-corrected chi connectivity index (χ0v) is 8.08. The molecule has 0 aliphatic heterocycles. The molecule has 0 aliphatic carbocycles. The van der Waals surface area contributed by atoms with Crippen molar-refractivity contribution in [1.82, 2.24) is 0 Å². The van der Waals surface area contributed by atoms with Gasteiger partial charge in [-0.25, -0.2) is 0 Å². The van der Waals surface area contributed by atoms with Crippen LogP contribution < -0.4 is 0 Å². The second kappa shape index (κ2) is 10.2. The second-order valence-electron chi connectivity index (χ2n) is 0.951. The zero-order chi connectivity index (χ0) is 6.28. The summed E-state index contributed by atoms with van der Waals surface area (Å²) in [5, 5.41) is 0. The first kappa shape index (κ1) is 11.0. The van der Waals surface area contributed by atoms with E-state index in [-0.39, 0.29) is 5.78 Å². The Morgan fingerprint density at radius 1 is 1.43 bits per heavy atom. The first-order valence-electron chi connectivity index (χ1n) is 1.43. The van der Waals surface area contributed by atoms with Crippen LogP contribution in [0.2, 0.25) is 0 Å². The van der Waals surface area contributed by atoms with E-state index in [1.807, 2.05) is 0 Å². The van der Waals surface area contributed by atoms with Gasteiger partial charge < -0.3 is 4.79 Å². The van der Waals surface area contributed by atoms with Crippen LogP contribution in [0, 0.1) is 0 Å². The fraction of sp³-hybridized carbons (Fsp3) is 0.667. The third-order valence-electron chi connectivity index (χ3n) is 0. The van der Waals surface area contributed by atoms with Gasteiger partial charge in [0.2, 0.25) is 0 Å². The maximum atomic E-state index is 9.44. The number of rotatable bonds is 0. The van der Waals surface area contributed by atoms with Gasteiger partial charge in [0.25, 0.3) is 0 Å². The molecular formula is C3H6Br2CuO. The van der Waals surface area contributed by atoms with Crippen molar-refractivity contribution >= 4 is 34.0 Å². The van der Waals surface area contributed by atoms with Crippen molar-refractivity contribution in [2.75, 3.05) is 0 Å². The Morgan fingerprint density at radius 2 is 1.43 bits per heavy atom. The third-order valence-corrected chi connectivity index (χ3v) is 0. The predicted molar refractivity (Wildman–Crippen MR) is 34.2 cm³/mol. The van der Waals surface area contributed by atoms with E-state index < -0.39 is 0 Å². The fourth-order valence-electron chi connectivity index (χ4n) is 0. The number of carbonyl (C=O) groups excluding carboxylic acids is 1. The molecular weight excluding hydrogens is 275 g/mol. The summed E-state index contributed by atoms with van der Waals surface area (Å²) < 4.78 is 0. The van der Waals surface area contributed by atoms with Crippen LogP contribution in [0.3, 0.4) is 0 Å². The summed E-state index contributed by atoms with van der Waals surface area (Å²) in [6.45, 7) is 3.06. The Morgan fingerprint density at radius 3 is 1.43 bits per heavy atom. The molecule has 1 nitrogen and oxygen atoms in total. The molecule has 49 valence electrons. The van der Waals surface area contributed by atoms with Gasteiger partial charge in [0.05, 0.1) is 0 Å². The number of halogens is 2. The molecule has 0 saturated carbocycles. The molecule has 0 amide bonds. The molecule has 0 spiro atoms. The van der Waals surface area contributed by atoms with Crippen LogP contribution in [0.4, 0.5) is 0 Å². The van der Waals surface area contributed by atoms with Crippen molar-refractivity contribution in [2.24, 2.45) is 0 Å². The summed E-state index contributed by atoms with van der Waals surface area (Å²) >= 11 is 7.38. The van der Waals surface area contributed by atoms with Crippen LogP contribution in [0.1, 0.15) is 13.8 Å². The van der Waals surface area contributed by atoms with E-state index in [1.165, 1.54) is 25.2 Å². The molecule has 0 bridgehead atoms. The standard InChI is InChI=1S/C3H6O.2BrH.Cu/c1-3(2)4;;;/h1-2H3;2*1H;/q;;;+2/p-2. The molecule has 0 aromatic carbocycles. The molecule has 7 heavy (non-hydrogen) atoms. The predicted octanol–water partition coefficient (Wildman–Crippen LogP) is 2.28. The van der Waals surface area contributed by atoms with Gasteiger partial charge in [0, 0.05) is 0 Å². The number of ketones is 1. The second-order valence-corrected chi connectivity index (χ2v) is 5.70. The first-order valence-corrected chi connectivity index (χ1v) is 6.09. The van der Waals surface area contributed by atoms with Gasteiger partial charge >= 0.3 is 39.6 Å². The first-order chi connectivity index (χ1) is 3.15. The summed E-state index contributed by atoms with van der Waals surface area (Å²) in [7, 11) is 0. The van der Waals surface area contributed by atoms with E-state index in [4.69, 9.17) is 0 Å². The molecule has 0 aliphatic rings. The number of carbonyl (C=O) groups is 1. The van der Waals surface area contributed by atoms with E-state index in [9.17, 15) is 4.79 Å². The minimum atomic E-state index is 0.167. The number of hydrogen-bond acceptors (Lipinski definition) is 1. The normalized spacial score (nSPS) is 6.86. The molecule has 0 N–H and O–H groups in total. The summed E-state index contributed by atoms with van der Waals surface area (Å²) in [5.74, 6) is 0.167. The van der Waals surface area contributed by atoms with Crippen molar-refractivity contribution in [3.63, 3.8) is 0 Å². The van der Waals surface area contributed by atoms with Crippen LogP contribution in [0.15, 0.2) is 0 Å². The van der Waals surface area contributed by atoms with Crippen molar-refractivity contribution in [1.29, 1.82) is 0 Å². The van der Waals surface area contributed by atoms with Crippen LogP contribution in [0.25, 0.3) is 0 Å². The molecule has 0 rings (SSSR count). The maximum absolute atomic E-state index is 9.44. The van der Waals surface area contributed by atoms with Crippen molar-refractivity contribution in [3.8, 4) is 0 Å². The third kappa shape index (κ3) is 143. The minimum absolute atomic E-state index is 0.167. The molecule has 4 heteroatoms. The van der Waals surface area contributed by atoms with E-state index in [0.717, 1.165) is 0 Å². The molecule has 0 fully saturated rings. The summed E-state index contributed by atoms with van der Waals surface area (Å²) in [4.78, 5) is 9.44. The average Bonchev–Trinajstić information content (AvgIpc) is 1.33. The van der Waals surface area contributed by atoms with Gasteiger partial charge in [0.15, 0.2) is 0 Å². The number of hydrogen-bond donors (Lipinski definition) is 0. The van der Waals surface area contributed by atoms with E-state index in [0.29, 0.717) is 0 Å². The van der Waals surface area contributed by atoms with Crippen LogP contribution in [-0.2, 0) is 16.1 Å². The van der Waals surface area contributed by atoms with Crippen LogP contribution in [0.5, 0.6) is 0 Å². The Balaban J connectivity index is 0. The fourth-order valence-corrected chi connectivity index (χ4v) is 0. The molecule has 0 saturated heterocycles. The Hall–Kier alpha value is 1.15. The molecule has 0 heterocycles. The van der Waals surface area contributed by atoms with Crippen LogP contribution in [-0.4, -0.2) is 5.78 Å². The monoisotopic (exact) mass is 279 g/mol. The van der Waals surface area contributed by atoms with Gasteiger partial charge in [-0.15, -0.1) is 0 Å². The quantitative estimate of drug-likeness (QED) is 0.623. The van der Waals surface area contributed by atoms with Crippen LogP contribution >= 0.6 is 28.2 Å². The Labute approximate surface area is 63.8 Å². The average molecular weight is 281 g/mol. The van der Waals surface area contributed by atoms with Crippen molar-refractivity contribution in [3.05, 3.63) is 0 Å². The molecule has 0 radical (unpaired) electrons. The Kier molecular flexibility index (Phi) is 16.0. The van der Waals surface area contributed by atoms with Crippen molar-refractivity contribution < 1.29 is 16.1 Å². The van der Waals surface area contributed by atoms with E-state index in [2.05, 4.69) is 28.2 Å². The molecule has 0 aromatic heterocycles. The molecule has 0 aromatic rings. The molecule has 0 unspecified atom stereocenters. The Bertz CT molecular complexity index is 44.2. The topological polar surface area (TPSA) is 17.1 Å².